The molecule has 1 amide bonds. The highest BCUT2D eigenvalue weighted by Crippen LogP contribution is 2.26. The van der Waals surface area contributed by atoms with Crippen LogP contribution in [-0.4, -0.2) is 17.3 Å². The summed E-state index contributed by atoms with van der Waals surface area (Å²) in [6.07, 6.45) is 5.88. The van der Waals surface area contributed by atoms with Gasteiger partial charge in [-0.3, -0.25) is 4.79 Å². The summed E-state index contributed by atoms with van der Waals surface area (Å²) < 4.78 is 0. The molecule has 4 heteroatoms. The van der Waals surface area contributed by atoms with Crippen LogP contribution < -0.4 is 5.32 Å². The summed E-state index contributed by atoms with van der Waals surface area (Å²) in [6.45, 7) is 1.78. The van der Waals surface area contributed by atoms with E-state index in [1.54, 1.807) is 6.92 Å². The minimum absolute atomic E-state index is 0.0987. The van der Waals surface area contributed by atoms with Gasteiger partial charge in [-0.05, 0) is 12.8 Å². The van der Waals surface area contributed by atoms with Gasteiger partial charge >= 0.3 is 0 Å². The molecule has 1 rings (SSSR count). The highest BCUT2D eigenvalue weighted by molar-refractivity contribution is 6.19. The van der Waals surface area contributed by atoms with Crippen molar-refractivity contribution in [2.24, 2.45) is 5.92 Å². The molecule has 0 bridgehead atoms. The summed E-state index contributed by atoms with van der Waals surface area (Å²) in [4.78, 5) is 11.8. The molecule has 3 nitrogen and oxygen atoms in total. The molecular weight excluding hydrogens is 224 g/mol. The highest BCUT2D eigenvalue weighted by atomic mass is 35.5. The lowest BCUT2D eigenvalue weighted by molar-refractivity contribution is -0.125. The van der Waals surface area contributed by atoms with Crippen molar-refractivity contribution < 1.29 is 4.79 Å². The Kier molecular flexibility index (Phi) is 5.08. The lowest BCUT2D eigenvalue weighted by Crippen LogP contribution is -2.49. The molecular formula is C12H19ClN2O. The average molecular weight is 243 g/mol. The van der Waals surface area contributed by atoms with E-state index in [-0.39, 0.29) is 11.8 Å². The van der Waals surface area contributed by atoms with Gasteiger partial charge in [0.05, 0.1) is 6.07 Å². The predicted molar refractivity (Wildman–Crippen MR) is 64.1 cm³/mol. The zero-order valence-corrected chi connectivity index (χ0v) is 10.5. The fourth-order valence-electron chi connectivity index (χ4n) is 2.03. The Labute approximate surface area is 102 Å². The van der Waals surface area contributed by atoms with E-state index in [4.69, 9.17) is 11.6 Å². The Balaban J connectivity index is 2.65. The summed E-state index contributed by atoms with van der Waals surface area (Å²) in [6, 6.07) is 2.29. The summed E-state index contributed by atoms with van der Waals surface area (Å²) in [5.41, 5.74) is -0.645. The van der Waals surface area contributed by atoms with E-state index in [9.17, 15) is 10.1 Å². The van der Waals surface area contributed by atoms with Gasteiger partial charge in [-0.15, -0.1) is 11.6 Å². The second-order valence-electron chi connectivity index (χ2n) is 4.65. The van der Waals surface area contributed by atoms with Crippen LogP contribution in [0.2, 0.25) is 0 Å². The molecule has 0 aromatic heterocycles. The van der Waals surface area contributed by atoms with Gasteiger partial charge in [-0.2, -0.15) is 5.26 Å². The number of nitrogens with one attached hydrogen (secondary N) is 1. The van der Waals surface area contributed by atoms with Crippen LogP contribution in [0.1, 0.15) is 45.4 Å². The van der Waals surface area contributed by atoms with Gasteiger partial charge in [0, 0.05) is 11.8 Å². The van der Waals surface area contributed by atoms with Crippen LogP contribution >= 0.6 is 11.6 Å². The van der Waals surface area contributed by atoms with E-state index < -0.39 is 5.54 Å². The van der Waals surface area contributed by atoms with E-state index in [0.29, 0.717) is 5.88 Å². The molecule has 1 fully saturated rings. The minimum atomic E-state index is -0.645. The number of hydrogen-bond donors (Lipinski definition) is 1. The van der Waals surface area contributed by atoms with Crippen LogP contribution in [0.3, 0.4) is 0 Å². The molecule has 1 N–H and O–H groups in total. The highest BCUT2D eigenvalue weighted by Gasteiger charge is 2.33. The molecule has 1 aliphatic rings. The first-order valence-corrected chi connectivity index (χ1v) is 6.46. The van der Waals surface area contributed by atoms with Gasteiger partial charge in [-0.25, -0.2) is 0 Å². The molecule has 0 aromatic carbocycles. The number of nitrogens with zero attached hydrogens (tertiary/aromatic N) is 1. The summed E-state index contributed by atoms with van der Waals surface area (Å²) in [5.74, 6) is -0.0264. The molecule has 1 unspecified atom stereocenters. The lowest BCUT2D eigenvalue weighted by atomic mass is 9.91. The Morgan fingerprint density at radius 2 is 2.00 bits per heavy atom. The van der Waals surface area contributed by atoms with E-state index in [1.165, 1.54) is 0 Å². The Morgan fingerprint density at radius 1 is 1.44 bits per heavy atom. The van der Waals surface area contributed by atoms with Crippen LogP contribution in [0.15, 0.2) is 0 Å². The standard InChI is InChI=1S/C12H19ClN2O/c1-10(8-13)11(16)15-12(9-14)6-4-2-3-5-7-12/h10H,2-8H2,1H3,(H,15,16). The molecule has 16 heavy (non-hydrogen) atoms. The number of amides is 1. The van der Waals surface area contributed by atoms with Gasteiger partial charge in [0.25, 0.3) is 0 Å². The number of alkyl halides is 1. The summed E-state index contributed by atoms with van der Waals surface area (Å²) >= 11 is 5.64. The number of carbonyl (C=O) groups is 1. The number of halogens is 1. The number of carbonyl (C=O) groups excluding carboxylic acids is 1. The SMILES string of the molecule is CC(CCl)C(=O)NC1(C#N)CCCCCC1. The molecule has 1 aliphatic carbocycles. The second kappa shape index (κ2) is 6.10. The summed E-state index contributed by atoms with van der Waals surface area (Å²) in [5, 5.41) is 12.2. The summed E-state index contributed by atoms with van der Waals surface area (Å²) in [7, 11) is 0. The molecule has 0 heterocycles. The molecule has 0 saturated heterocycles. The van der Waals surface area contributed by atoms with Crippen molar-refractivity contribution in [2.45, 2.75) is 51.0 Å². The van der Waals surface area contributed by atoms with E-state index >= 15 is 0 Å². The van der Waals surface area contributed by atoms with E-state index in [1.807, 2.05) is 0 Å². The Morgan fingerprint density at radius 3 is 2.44 bits per heavy atom. The smallest absolute Gasteiger partial charge is 0.225 e. The molecule has 90 valence electrons. The zero-order valence-electron chi connectivity index (χ0n) is 9.76. The fourth-order valence-corrected chi connectivity index (χ4v) is 2.17. The third-order valence-corrected chi connectivity index (χ3v) is 3.68. The Hall–Kier alpha value is -0.750. The van der Waals surface area contributed by atoms with Gasteiger partial charge in [0.1, 0.15) is 5.54 Å². The fraction of sp³-hybridized carbons (Fsp3) is 0.833. The topological polar surface area (TPSA) is 52.9 Å². The van der Waals surface area contributed by atoms with Gasteiger partial charge in [0.2, 0.25) is 5.91 Å². The number of rotatable bonds is 3. The monoisotopic (exact) mass is 242 g/mol. The van der Waals surface area contributed by atoms with Crippen LogP contribution in [0.5, 0.6) is 0 Å². The maximum absolute atomic E-state index is 11.8. The maximum atomic E-state index is 11.8. The van der Waals surface area contributed by atoms with Crippen molar-refractivity contribution in [3.05, 3.63) is 0 Å². The second-order valence-corrected chi connectivity index (χ2v) is 4.96. The number of hydrogen-bond acceptors (Lipinski definition) is 2. The molecule has 0 spiro atoms. The van der Waals surface area contributed by atoms with Crippen LogP contribution in [0, 0.1) is 17.2 Å². The van der Waals surface area contributed by atoms with E-state index in [0.717, 1.165) is 38.5 Å². The molecule has 0 aliphatic heterocycles. The molecule has 0 aromatic rings. The van der Waals surface area contributed by atoms with Crippen LogP contribution in [0.25, 0.3) is 0 Å². The van der Waals surface area contributed by atoms with Crippen molar-refractivity contribution in [1.82, 2.24) is 5.32 Å². The average Bonchev–Trinajstić information content (AvgIpc) is 2.54. The molecule has 0 radical (unpaired) electrons. The van der Waals surface area contributed by atoms with Crippen molar-refractivity contribution >= 4 is 17.5 Å². The lowest BCUT2D eigenvalue weighted by Gasteiger charge is -2.27. The third kappa shape index (κ3) is 3.38. The quantitative estimate of drug-likeness (QED) is 0.611. The van der Waals surface area contributed by atoms with Crippen molar-refractivity contribution in [3.8, 4) is 6.07 Å². The molecule has 1 saturated carbocycles. The van der Waals surface area contributed by atoms with Gasteiger partial charge < -0.3 is 5.32 Å². The minimum Gasteiger partial charge on any atom is -0.338 e. The maximum Gasteiger partial charge on any atom is 0.225 e. The Bertz CT molecular complexity index is 277. The van der Waals surface area contributed by atoms with Crippen LogP contribution in [-0.2, 0) is 4.79 Å². The number of nitriles is 1. The van der Waals surface area contributed by atoms with Crippen molar-refractivity contribution in [2.75, 3.05) is 5.88 Å². The van der Waals surface area contributed by atoms with Gasteiger partial charge in [-0.1, -0.05) is 32.6 Å². The largest absolute Gasteiger partial charge is 0.338 e. The predicted octanol–water partition coefficient (Wildman–Crippen LogP) is 2.59. The van der Waals surface area contributed by atoms with E-state index in [2.05, 4.69) is 11.4 Å². The first-order chi connectivity index (χ1) is 7.63. The van der Waals surface area contributed by atoms with Crippen molar-refractivity contribution in [3.63, 3.8) is 0 Å². The van der Waals surface area contributed by atoms with Crippen molar-refractivity contribution in [1.29, 1.82) is 5.26 Å². The first-order valence-electron chi connectivity index (χ1n) is 5.93. The first kappa shape index (κ1) is 13.3. The van der Waals surface area contributed by atoms with Crippen LogP contribution in [0.4, 0.5) is 0 Å². The third-order valence-electron chi connectivity index (χ3n) is 3.21. The molecule has 1 atom stereocenters. The van der Waals surface area contributed by atoms with Gasteiger partial charge in [0.15, 0.2) is 0 Å². The zero-order chi connectivity index (χ0) is 12.0. The normalized spacial score (nSPS) is 21.6.